The molecule has 0 aliphatic carbocycles. The highest BCUT2D eigenvalue weighted by molar-refractivity contribution is 5.95. The molecular formula is C23H18F3N5O4. The number of nitrogens with one attached hydrogen (secondary N) is 1. The Bertz CT molecular complexity index is 1410. The Balaban J connectivity index is 2.01. The number of hydrogen-bond acceptors (Lipinski definition) is 7. The minimum absolute atomic E-state index is 0.0487. The number of benzene rings is 2. The Morgan fingerprint density at radius 1 is 1.20 bits per heavy atom. The van der Waals surface area contributed by atoms with E-state index in [0.29, 0.717) is 27.8 Å². The molecule has 0 saturated carbocycles. The molecule has 0 unspecified atom stereocenters. The van der Waals surface area contributed by atoms with Crippen LogP contribution in [-0.2, 0) is 6.18 Å². The molecule has 2 aromatic carbocycles. The number of nitriles is 1. The van der Waals surface area contributed by atoms with Gasteiger partial charge in [0.2, 0.25) is 0 Å². The van der Waals surface area contributed by atoms with Crippen LogP contribution in [0.25, 0.3) is 5.69 Å². The topological polar surface area (TPSA) is 119 Å². The average molecular weight is 485 g/mol. The van der Waals surface area contributed by atoms with Gasteiger partial charge in [-0.1, -0.05) is 12.1 Å². The van der Waals surface area contributed by atoms with Crippen LogP contribution in [0.3, 0.4) is 0 Å². The fourth-order valence-electron chi connectivity index (χ4n) is 3.17. The van der Waals surface area contributed by atoms with Crippen LogP contribution in [0, 0.1) is 18.3 Å². The predicted octanol–water partition coefficient (Wildman–Crippen LogP) is 3.21. The fourth-order valence-corrected chi connectivity index (χ4v) is 3.17. The lowest BCUT2D eigenvalue weighted by atomic mass is 10.1. The maximum atomic E-state index is 13.1. The molecular weight excluding hydrogens is 467 g/mol. The molecule has 0 spiro atoms. The quantitative estimate of drug-likeness (QED) is 0.423. The van der Waals surface area contributed by atoms with Crippen molar-refractivity contribution in [3.8, 4) is 23.3 Å². The van der Waals surface area contributed by atoms with E-state index in [1.165, 1.54) is 33.4 Å². The first-order valence-electron chi connectivity index (χ1n) is 9.88. The van der Waals surface area contributed by atoms with Gasteiger partial charge in [0.15, 0.2) is 17.2 Å². The van der Waals surface area contributed by atoms with E-state index < -0.39 is 28.8 Å². The third kappa shape index (κ3) is 5.14. The Morgan fingerprint density at radius 3 is 2.54 bits per heavy atom. The lowest BCUT2D eigenvalue weighted by Gasteiger charge is -2.12. The minimum Gasteiger partial charge on any atom is -0.493 e. The lowest BCUT2D eigenvalue weighted by Crippen LogP contribution is -2.31. The fraction of sp³-hybridized carbons (Fsp3) is 0.174. The van der Waals surface area contributed by atoms with Gasteiger partial charge in [0.05, 0.1) is 31.7 Å². The first kappa shape index (κ1) is 25.0. The van der Waals surface area contributed by atoms with E-state index in [1.54, 1.807) is 24.3 Å². The molecule has 12 heteroatoms. The predicted molar refractivity (Wildman–Crippen MR) is 119 cm³/mol. The Kier molecular flexibility index (Phi) is 7.20. The number of carbonyl (C=O) groups excluding carboxylic acids is 1. The molecule has 0 saturated heterocycles. The summed E-state index contributed by atoms with van der Waals surface area (Å²) in [6.45, 7) is 1.33. The number of halogens is 3. The van der Waals surface area contributed by atoms with Crippen molar-refractivity contribution in [2.75, 3.05) is 14.2 Å². The zero-order valence-electron chi connectivity index (χ0n) is 18.7. The zero-order chi connectivity index (χ0) is 25.8. The molecule has 0 atom stereocenters. The highest BCUT2D eigenvalue weighted by Crippen LogP contribution is 2.30. The van der Waals surface area contributed by atoms with E-state index in [1.807, 2.05) is 0 Å². The maximum Gasteiger partial charge on any atom is 0.416 e. The van der Waals surface area contributed by atoms with Crippen LogP contribution in [0.5, 0.6) is 11.5 Å². The second-order valence-electron chi connectivity index (χ2n) is 7.01. The number of hydrazone groups is 1. The molecule has 1 aromatic heterocycles. The van der Waals surface area contributed by atoms with Crippen molar-refractivity contribution in [1.82, 2.24) is 15.2 Å². The van der Waals surface area contributed by atoms with Crippen LogP contribution in [0.4, 0.5) is 13.2 Å². The molecule has 1 N–H and O–H groups in total. The summed E-state index contributed by atoms with van der Waals surface area (Å²) in [7, 11) is 2.89. The number of rotatable bonds is 6. The van der Waals surface area contributed by atoms with E-state index in [9.17, 15) is 28.0 Å². The highest BCUT2D eigenvalue weighted by atomic mass is 19.4. The number of hydrogen-bond donors (Lipinski definition) is 1. The number of amides is 1. The monoisotopic (exact) mass is 485 g/mol. The first-order valence-corrected chi connectivity index (χ1v) is 9.88. The largest absolute Gasteiger partial charge is 0.493 e. The lowest BCUT2D eigenvalue weighted by molar-refractivity contribution is -0.137. The third-order valence-corrected chi connectivity index (χ3v) is 4.88. The van der Waals surface area contributed by atoms with Crippen molar-refractivity contribution in [2.24, 2.45) is 5.10 Å². The van der Waals surface area contributed by atoms with Crippen LogP contribution >= 0.6 is 0 Å². The summed E-state index contributed by atoms with van der Waals surface area (Å²) in [6, 6.07) is 10.5. The van der Waals surface area contributed by atoms with Gasteiger partial charge in [-0.15, -0.1) is 0 Å². The molecule has 0 fully saturated rings. The van der Waals surface area contributed by atoms with E-state index in [-0.39, 0.29) is 16.9 Å². The summed E-state index contributed by atoms with van der Waals surface area (Å²) >= 11 is 0. The molecule has 3 rings (SSSR count). The van der Waals surface area contributed by atoms with Crippen molar-refractivity contribution < 1.29 is 27.4 Å². The van der Waals surface area contributed by atoms with Gasteiger partial charge in [0.25, 0.3) is 11.5 Å². The first-order chi connectivity index (χ1) is 16.6. The molecule has 1 heterocycles. The molecule has 0 radical (unpaired) electrons. The standard InChI is InChI=1S/C23H18F3N5O4/c1-13-17(11-27)22(33)31(16-8-5-7-15(10-16)23(24,25)26)30-19(13)21(32)29-28-12-14-6-4-9-18(34-2)20(14)35-3/h4-10,12H,1-3H3,(H,29,32)/b28-12+. The summed E-state index contributed by atoms with van der Waals surface area (Å²) in [5.74, 6) is -0.0860. The molecule has 0 bridgehead atoms. The van der Waals surface area contributed by atoms with Crippen molar-refractivity contribution in [3.05, 3.63) is 80.8 Å². The number of carbonyl (C=O) groups is 1. The van der Waals surface area contributed by atoms with Crippen LogP contribution in [-0.4, -0.2) is 36.1 Å². The van der Waals surface area contributed by atoms with Gasteiger partial charge in [-0.2, -0.15) is 33.3 Å². The van der Waals surface area contributed by atoms with Gasteiger partial charge >= 0.3 is 6.18 Å². The average Bonchev–Trinajstić information content (AvgIpc) is 2.83. The van der Waals surface area contributed by atoms with E-state index in [2.05, 4.69) is 15.6 Å². The molecule has 35 heavy (non-hydrogen) atoms. The number of methoxy groups -OCH3 is 2. The smallest absolute Gasteiger partial charge is 0.416 e. The van der Waals surface area contributed by atoms with E-state index in [0.717, 1.165) is 12.1 Å². The van der Waals surface area contributed by atoms with E-state index in [4.69, 9.17) is 9.47 Å². The summed E-state index contributed by atoms with van der Waals surface area (Å²) in [5.41, 5.74) is -0.409. The van der Waals surface area contributed by atoms with Gasteiger partial charge in [0.1, 0.15) is 11.6 Å². The molecule has 180 valence electrons. The van der Waals surface area contributed by atoms with Crippen molar-refractivity contribution in [2.45, 2.75) is 13.1 Å². The van der Waals surface area contributed by atoms with Crippen LogP contribution in [0.1, 0.15) is 32.7 Å². The Morgan fingerprint density at radius 2 is 1.91 bits per heavy atom. The number of aromatic nitrogens is 2. The maximum absolute atomic E-state index is 13.1. The van der Waals surface area contributed by atoms with Crippen molar-refractivity contribution in [1.29, 1.82) is 5.26 Å². The van der Waals surface area contributed by atoms with Gasteiger partial charge < -0.3 is 9.47 Å². The SMILES string of the molecule is COc1cccc(/C=N/NC(=O)c2nn(-c3cccc(C(F)(F)F)c3)c(=O)c(C#N)c2C)c1OC. The van der Waals surface area contributed by atoms with Crippen LogP contribution in [0.15, 0.2) is 52.4 Å². The second-order valence-corrected chi connectivity index (χ2v) is 7.01. The molecule has 1 amide bonds. The minimum atomic E-state index is -4.67. The molecule has 0 aliphatic heterocycles. The van der Waals surface area contributed by atoms with Gasteiger partial charge in [-0.05, 0) is 37.3 Å². The van der Waals surface area contributed by atoms with Gasteiger partial charge in [-0.3, -0.25) is 9.59 Å². The summed E-state index contributed by atoms with van der Waals surface area (Å²) in [6.07, 6.45) is -3.39. The number of ether oxygens (including phenoxy) is 2. The normalized spacial score (nSPS) is 11.2. The zero-order valence-corrected chi connectivity index (χ0v) is 18.7. The van der Waals surface area contributed by atoms with E-state index >= 15 is 0 Å². The van der Waals surface area contributed by atoms with Gasteiger partial charge in [0, 0.05) is 11.1 Å². The third-order valence-electron chi connectivity index (χ3n) is 4.88. The summed E-state index contributed by atoms with van der Waals surface area (Å²) < 4.78 is 50.4. The molecule has 0 aliphatic rings. The van der Waals surface area contributed by atoms with Crippen LogP contribution in [0.2, 0.25) is 0 Å². The Labute approximate surface area is 197 Å². The van der Waals surface area contributed by atoms with Crippen molar-refractivity contribution >= 4 is 12.1 Å². The number of para-hydroxylation sites is 1. The van der Waals surface area contributed by atoms with Crippen molar-refractivity contribution in [3.63, 3.8) is 0 Å². The van der Waals surface area contributed by atoms with Crippen LogP contribution < -0.4 is 20.5 Å². The molecule has 3 aromatic rings. The summed E-state index contributed by atoms with van der Waals surface area (Å²) in [5, 5.41) is 17.2. The summed E-state index contributed by atoms with van der Waals surface area (Å²) in [4.78, 5) is 25.5. The highest BCUT2D eigenvalue weighted by Gasteiger charge is 2.31. The number of alkyl halides is 3. The number of nitrogens with zero attached hydrogens (tertiary/aromatic N) is 4. The van der Waals surface area contributed by atoms with Gasteiger partial charge in [-0.25, -0.2) is 5.43 Å². The second kappa shape index (κ2) is 10.1. The Hall–Kier alpha value is -4.66. The molecule has 9 nitrogen and oxygen atoms in total.